The Bertz CT molecular complexity index is 915. The molecule has 0 aliphatic carbocycles. The van der Waals surface area contributed by atoms with Gasteiger partial charge in [-0.15, -0.1) is 0 Å². The van der Waals surface area contributed by atoms with Crippen LogP contribution in [0.2, 0.25) is 0 Å². The number of nitrogens with one attached hydrogen (secondary N) is 2. The first kappa shape index (κ1) is 53.8. The molecule has 0 spiro atoms. The van der Waals surface area contributed by atoms with Crippen LogP contribution < -0.4 is 10.6 Å². The minimum absolute atomic E-state index is 0.00354. The third-order valence-electron chi connectivity index (χ3n) is 11.1. The molecule has 0 aromatic carbocycles. The summed E-state index contributed by atoms with van der Waals surface area (Å²) in [4.78, 5) is 47.6. The molecule has 4 N–H and O–H groups in total. The fraction of sp³-hybridized carbons (Fsp3) is 0.915. The summed E-state index contributed by atoms with van der Waals surface area (Å²) in [6.07, 6.45) is 44.3. The predicted octanol–water partition coefficient (Wildman–Crippen LogP) is 12.0. The van der Waals surface area contributed by atoms with Gasteiger partial charge in [0, 0.05) is 12.8 Å². The number of unbranched alkanes of at least 4 members (excludes halogenated alkanes) is 30. The van der Waals surface area contributed by atoms with E-state index in [9.17, 15) is 19.2 Å². The smallest absolute Gasteiger partial charge is 0.328 e. The second-order valence-electron chi connectivity index (χ2n) is 16.6. The van der Waals surface area contributed by atoms with E-state index in [0.717, 1.165) is 57.8 Å². The first-order valence-corrected chi connectivity index (χ1v) is 23.9. The summed E-state index contributed by atoms with van der Waals surface area (Å²) < 4.78 is 6.03. The van der Waals surface area contributed by atoms with Gasteiger partial charge in [0.05, 0.1) is 13.2 Å². The summed E-state index contributed by atoms with van der Waals surface area (Å²) in [5, 5.41) is 22.6. The van der Waals surface area contributed by atoms with Gasteiger partial charge in [-0.3, -0.25) is 14.4 Å². The summed E-state index contributed by atoms with van der Waals surface area (Å²) in [5.41, 5.74) is 0. The van der Waals surface area contributed by atoms with Crippen LogP contribution in [0.1, 0.15) is 251 Å². The number of ether oxygens (including phenoxy) is 1. The minimum atomic E-state index is -1.38. The van der Waals surface area contributed by atoms with Gasteiger partial charge in [-0.25, -0.2) is 4.79 Å². The van der Waals surface area contributed by atoms with E-state index in [1.165, 1.54) is 161 Å². The standard InChI is InChI=1S/C47H90N2O7/c1-3-5-7-9-11-13-14-15-16-17-18-19-20-21-22-23-24-26-31-35-39-46(53)56-42(36-32-28-25-12-10-8-6-4-2)37-33-29-27-30-34-38-44(51)48-40-45(52)49-43(41-50)47(54)55/h42-43,50H,3-41H2,1-2H3,(H,48,51)(H,49,52)(H,54,55). The molecule has 0 aromatic heterocycles. The summed E-state index contributed by atoms with van der Waals surface area (Å²) in [6.45, 7) is 3.50. The topological polar surface area (TPSA) is 142 Å². The maximum atomic E-state index is 12.8. The highest BCUT2D eigenvalue weighted by molar-refractivity contribution is 5.87. The Labute approximate surface area is 344 Å². The van der Waals surface area contributed by atoms with Crippen molar-refractivity contribution in [2.75, 3.05) is 13.2 Å². The van der Waals surface area contributed by atoms with E-state index in [1.807, 2.05) is 0 Å². The molecule has 2 unspecified atom stereocenters. The molecule has 0 aliphatic rings. The molecule has 0 saturated heterocycles. The van der Waals surface area contributed by atoms with Crippen LogP contribution in [0.4, 0.5) is 0 Å². The number of carbonyl (C=O) groups excluding carboxylic acids is 3. The summed E-state index contributed by atoms with van der Waals surface area (Å²) in [5.74, 6) is -2.27. The Morgan fingerprint density at radius 3 is 1.16 bits per heavy atom. The molecule has 56 heavy (non-hydrogen) atoms. The van der Waals surface area contributed by atoms with Crippen molar-refractivity contribution in [3.63, 3.8) is 0 Å². The van der Waals surface area contributed by atoms with Crippen molar-refractivity contribution in [1.82, 2.24) is 10.6 Å². The van der Waals surface area contributed by atoms with Crippen molar-refractivity contribution < 1.29 is 34.1 Å². The number of hydrogen-bond donors (Lipinski definition) is 4. The third-order valence-corrected chi connectivity index (χ3v) is 11.1. The molecule has 9 heteroatoms. The highest BCUT2D eigenvalue weighted by Crippen LogP contribution is 2.19. The second-order valence-corrected chi connectivity index (χ2v) is 16.6. The Hall–Kier alpha value is -2.16. The van der Waals surface area contributed by atoms with Gasteiger partial charge in [0.15, 0.2) is 0 Å². The first-order chi connectivity index (χ1) is 27.3. The zero-order valence-electron chi connectivity index (χ0n) is 36.7. The van der Waals surface area contributed by atoms with Crippen molar-refractivity contribution in [3.05, 3.63) is 0 Å². The van der Waals surface area contributed by atoms with Gasteiger partial charge < -0.3 is 25.6 Å². The lowest BCUT2D eigenvalue weighted by atomic mass is 10.0. The Morgan fingerprint density at radius 1 is 0.464 bits per heavy atom. The van der Waals surface area contributed by atoms with E-state index < -0.39 is 24.5 Å². The van der Waals surface area contributed by atoms with Gasteiger partial charge in [-0.05, 0) is 38.5 Å². The number of aliphatic carboxylic acids is 1. The van der Waals surface area contributed by atoms with Gasteiger partial charge in [0.1, 0.15) is 12.1 Å². The maximum Gasteiger partial charge on any atom is 0.328 e. The average Bonchev–Trinajstić information content (AvgIpc) is 3.18. The molecule has 0 radical (unpaired) electrons. The van der Waals surface area contributed by atoms with Crippen LogP contribution in [0, 0.1) is 0 Å². The van der Waals surface area contributed by atoms with E-state index >= 15 is 0 Å². The molecule has 9 nitrogen and oxygen atoms in total. The molecule has 0 bridgehead atoms. The number of carboxylic acid groups (broad SMARTS) is 1. The Balaban J connectivity index is 4.06. The number of carbonyl (C=O) groups is 4. The lowest BCUT2D eigenvalue weighted by Gasteiger charge is -2.18. The van der Waals surface area contributed by atoms with Crippen LogP contribution >= 0.6 is 0 Å². The monoisotopic (exact) mass is 795 g/mol. The van der Waals surface area contributed by atoms with Gasteiger partial charge in [0.2, 0.25) is 11.8 Å². The Kier molecular flexibility index (Phi) is 40.8. The van der Waals surface area contributed by atoms with Crippen LogP contribution in [0.25, 0.3) is 0 Å². The fourth-order valence-corrected chi connectivity index (χ4v) is 7.42. The number of carboxylic acids is 1. The van der Waals surface area contributed by atoms with Crippen LogP contribution in [-0.2, 0) is 23.9 Å². The lowest BCUT2D eigenvalue weighted by Crippen LogP contribution is -2.47. The molecule has 0 rings (SSSR count). The van der Waals surface area contributed by atoms with Gasteiger partial charge in [0.25, 0.3) is 0 Å². The van der Waals surface area contributed by atoms with Crippen LogP contribution in [0.5, 0.6) is 0 Å². The SMILES string of the molecule is CCCCCCCCCCCCCCCCCCCCCCC(=O)OC(CCCCCCCCCC)CCCCCCCC(=O)NCC(=O)NC(CO)C(=O)O. The minimum Gasteiger partial charge on any atom is -0.480 e. The van der Waals surface area contributed by atoms with E-state index in [-0.39, 0.29) is 24.5 Å². The van der Waals surface area contributed by atoms with Crippen molar-refractivity contribution in [1.29, 1.82) is 0 Å². The molecule has 330 valence electrons. The average molecular weight is 795 g/mol. The molecule has 0 saturated carbocycles. The van der Waals surface area contributed by atoms with E-state index in [1.54, 1.807) is 0 Å². The molecule has 2 amide bonds. The number of esters is 1. The predicted molar refractivity (Wildman–Crippen MR) is 232 cm³/mol. The quantitative estimate of drug-likeness (QED) is 0.0355. The number of aliphatic hydroxyl groups is 1. The normalized spacial score (nSPS) is 12.3. The first-order valence-electron chi connectivity index (χ1n) is 23.9. The molecule has 0 fully saturated rings. The number of amides is 2. The number of aliphatic hydroxyl groups excluding tert-OH is 1. The zero-order chi connectivity index (χ0) is 41.2. The van der Waals surface area contributed by atoms with Gasteiger partial charge >= 0.3 is 11.9 Å². The van der Waals surface area contributed by atoms with Crippen LogP contribution in [0.3, 0.4) is 0 Å². The lowest BCUT2D eigenvalue weighted by molar-refractivity contribution is -0.150. The fourth-order valence-electron chi connectivity index (χ4n) is 7.42. The largest absolute Gasteiger partial charge is 0.480 e. The van der Waals surface area contributed by atoms with E-state index in [4.69, 9.17) is 14.9 Å². The van der Waals surface area contributed by atoms with Gasteiger partial charge in [-0.1, -0.05) is 200 Å². The van der Waals surface area contributed by atoms with E-state index in [0.29, 0.717) is 19.3 Å². The highest BCUT2D eigenvalue weighted by atomic mass is 16.5. The van der Waals surface area contributed by atoms with E-state index in [2.05, 4.69) is 24.5 Å². The van der Waals surface area contributed by atoms with Crippen LogP contribution in [-0.4, -0.2) is 59.3 Å². The molecule has 2 atom stereocenters. The number of rotatable bonds is 44. The summed E-state index contributed by atoms with van der Waals surface area (Å²) in [7, 11) is 0. The highest BCUT2D eigenvalue weighted by Gasteiger charge is 2.19. The molecule has 0 aliphatic heterocycles. The summed E-state index contributed by atoms with van der Waals surface area (Å²) >= 11 is 0. The van der Waals surface area contributed by atoms with Crippen molar-refractivity contribution >= 4 is 23.8 Å². The van der Waals surface area contributed by atoms with Crippen molar-refractivity contribution in [2.24, 2.45) is 0 Å². The van der Waals surface area contributed by atoms with Crippen LogP contribution in [0.15, 0.2) is 0 Å². The van der Waals surface area contributed by atoms with Crippen molar-refractivity contribution in [3.8, 4) is 0 Å². The zero-order valence-corrected chi connectivity index (χ0v) is 36.7. The molecular weight excluding hydrogens is 705 g/mol. The summed E-state index contributed by atoms with van der Waals surface area (Å²) in [6, 6.07) is -1.38. The number of hydrogen-bond acceptors (Lipinski definition) is 6. The Morgan fingerprint density at radius 2 is 0.804 bits per heavy atom. The van der Waals surface area contributed by atoms with Gasteiger partial charge in [-0.2, -0.15) is 0 Å². The third kappa shape index (κ3) is 38.7. The molecule has 0 heterocycles. The second kappa shape index (κ2) is 42.4. The maximum absolute atomic E-state index is 12.8. The van der Waals surface area contributed by atoms with Crippen molar-refractivity contribution in [2.45, 2.75) is 264 Å². The molecule has 0 aromatic rings. The molecular formula is C47H90N2O7.